The monoisotopic (exact) mass is 285 g/mol. The van der Waals surface area contributed by atoms with Crippen molar-refractivity contribution in [2.24, 2.45) is 5.41 Å². The van der Waals surface area contributed by atoms with Crippen molar-refractivity contribution in [3.8, 4) is 0 Å². The maximum absolute atomic E-state index is 5.12. The van der Waals surface area contributed by atoms with E-state index in [0.717, 1.165) is 24.0 Å². The molecule has 1 aliphatic rings. The van der Waals surface area contributed by atoms with Crippen LogP contribution in [0.4, 0.5) is 5.95 Å². The van der Waals surface area contributed by atoms with Gasteiger partial charge in [-0.1, -0.05) is 0 Å². The van der Waals surface area contributed by atoms with E-state index < -0.39 is 0 Å². The molecule has 1 aliphatic carbocycles. The van der Waals surface area contributed by atoms with Crippen LogP contribution in [0.25, 0.3) is 0 Å². The minimum Gasteiger partial charge on any atom is -0.385 e. The molecular weight excluding hydrogens is 270 g/mol. The van der Waals surface area contributed by atoms with Crippen LogP contribution in [0.2, 0.25) is 0 Å². The molecule has 5 heteroatoms. The van der Waals surface area contributed by atoms with Gasteiger partial charge in [-0.2, -0.15) is 0 Å². The summed E-state index contributed by atoms with van der Waals surface area (Å²) in [6, 6.07) is 0. The SMILES string of the molecule is COCCC1(CNc2ncc(Br)cn2)CC1. The molecule has 0 amide bonds. The van der Waals surface area contributed by atoms with E-state index in [1.807, 2.05) is 0 Å². The Morgan fingerprint density at radius 1 is 1.44 bits per heavy atom. The van der Waals surface area contributed by atoms with Crippen LogP contribution in [0.3, 0.4) is 0 Å². The Labute approximate surface area is 104 Å². The Hall–Kier alpha value is -0.680. The third-order valence-electron chi connectivity index (χ3n) is 3.04. The number of hydrogen-bond acceptors (Lipinski definition) is 4. The maximum atomic E-state index is 5.12. The zero-order chi connectivity index (χ0) is 11.4. The molecule has 0 saturated heterocycles. The predicted octanol–water partition coefficient (Wildman–Crippen LogP) is 2.47. The number of methoxy groups -OCH3 is 1. The number of rotatable bonds is 6. The first-order chi connectivity index (χ1) is 7.74. The highest BCUT2D eigenvalue weighted by Gasteiger charge is 2.41. The van der Waals surface area contributed by atoms with E-state index in [9.17, 15) is 0 Å². The summed E-state index contributed by atoms with van der Waals surface area (Å²) in [6.07, 6.45) is 7.18. The lowest BCUT2D eigenvalue weighted by Crippen LogP contribution is -2.18. The van der Waals surface area contributed by atoms with Gasteiger partial charge in [0.2, 0.25) is 5.95 Å². The van der Waals surface area contributed by atoms with E-state index in [1.54, 1.807) is 19.5 Å². The molecule has 0 unspecified atom stereocenters. The fourth-order valence-corrected chi connectivity index (χ4v) is 1.89. The minimum atomic E-state index is 0.423. The highest BCUT2D eigenvalue weighted by atomic mass is 79.9. The number of hydrogen-bond donors (Lipinski definition) is 1. The second-order valence-electron chi connectivity index (χ2n) is 4.32. The summed E-state index contributed by atoms with van der Waals surface area (Å²) in [6.45, 7) is 1.78. The van der Waals surface area contributed by atoms with Gasteiger partial charge in [0, 0.05) is 32.7 Å². The first-order valence-corrected chi connectivity index (χ1v) is 6.24. The molecule has 0 radical (unpaired) electrons. The van der Waals surface area contributed by atoms with Crippen molar-refractivity contribution in [2.45, 2.75) is 19.3 Å². The van der Waals surface area contributed by atoms with Crippen LogP contribution in [0, 0.1) is 5.41 Å². The normalized spacial score (nSPS) is 17.1. The minimum absolute atomic E-state index is 0.423. The molecule has 1 aromatic heterocycles. The van der Waals surface area contributed by atoms with Crippen molar-refractivity contribution < 1.29 is 4.74 Å². The van der Waals surface area contributed by atoms with Gasteiger partial charge in [0.05, 0.1) is 4.47 Å². The Balaban J connectivity index is 1.81. The fourth-order valence-electron chi connectivity index (χ4n) is 1.68. The molecule has 0 spiro atoms. The Morgan fingerprint density at radius 3 is 2.69 bits per heavy atom. The molecule has 1 fully saturated rings. The van der Waals surface area contributed by atoms with E-state index in [2.05, 4.69) is 31.2 Å². The van der Waals surface area contributed by atoms with Gasteiger partial charge in [0.25, 0.3) is 0 Å². The van der Waals surface area contributed by atoms with Gasteiger partial charge in [0.15, 0.2) is 0 Å². The van der Waals surface area contributed by atoms with Crippen molar-refractivity contribution in [2.75, 3.05) is 25.6 Å². The van der Waals surface area contributed by atoms with Gasteiger partial charge in [-0.25, -0.2) is 9.97 Å². The van der Waals surface area contributed by atoms with Crippen molar-refractivity contribution in [1.29, 1.82) is 0 Å². The number of halogens is 1. The molecule has 1 saturated carbocycles. The van der Waals surface area contributed by atoms with Crippen molar-refractivity contribution in [1.82, 2.24) is 9.97 Å². The lowest BCUT2D eigenvalue weighted by atomic mass is 10.0. The first-order valence-electron chi connectivity index (χ1n) is 5.44. The van der Waals surface area contributed by atoms with Gasteiger partial charge in [-0.05, 0) is 40.6 Å². The molecule has 0 atom stereocenters. The zero-order valence-electron chi connectivity index (χ0n) is 9.37. The topological polar surface area (TPSA) is 47.0 Å². The van der Waals surface area contributed by atoms with Crippen LogP contribution in [0.5, 0.6) is 0 Å². The van der Waals surface area contributed by atoms with Crippen LogP contribution < -0.4 is 5.32 Å². The van der Waals surface area contributed by atoms with Crippen LogP contribution in [0.1, 0.15) is 19.3 Å². The second-order valence-corrected chi connectivity index (χ2v) is 5.24. The summed E-state index contributed by atoms with van der Waals surface area (Å²) in [5.74, 6) is 0.701. The summed E-state index contributed by atoms with van der Waals surface area (Å²) in [4.78, 5) is 8.38. The lowest BCUT2D eigenvalue weighted by molar-refractivity contribution is 0.175. The molecule has 0 bridgehead atoms. The molecule has 1 aromatic rings. The largest absolute Gasteiger partial charge is 0.385 e. The molecule has 16 heavy (non-hydrogen) atoms. The second kappa shape index (κ2) is 5.10. The summed E-state index contributed by atoms with van der Waals surface area (Å²) in [5, 5.41) is 3.28. The maximum Gasteiger partial charge on any atom is 0.222 e. The van der Waals surface area contributed by atoms with E-state index >= 15 is 0 Å². The van der Waals surface area contributed by atoms with Crippen LogP contribution in [-0.4, -0.2) is 30.2 Å². The number of ether oxygens (including phenoxy) is 1. The summed E-state index contributed by atoms with van der Waals surface area (Å²) >= 11 is 3.31. The third-order valence-corrected chi connectivity index (χ3v) is 3.44. The quantitative estimate of drug-likeness (QED) is 0.872. The summed E-state index contributed by atoms with van der Waals surface area (Å²) < 4.78 is 6.02. The number of nitrogens with one attached hydrogen (secondary N) is 1. The first kappa shape index (κ1) is 11.8. The molecule has 2 rings (SSSR count). The fraction of sp³-hybridized carbons (Fsp3) is 0.636. The van der Waals surface area contributed by atoms with Gasteiger partial charge in [-0.15, -0.1) is 0 Å². The van der Waals surface area contributed by atoms with Crippen LogP contribution in [-0.2, 0) is 4.74 Å². The lowest BCUT2D eigenvalue weighted by Gasteiger charge is -2.15. The zero-order valence-corrected chi connectivity index (χ0v) is 11.0. The average molecular weight is 286 g/mol. The highest BCUT2D eigenvalue weighted by molar-refractivity contribution is 9.10. The van der Waals surface area contributed by atoms with Crippen LogP contribution >= 0.6 is 15.9 Å². The Kier molecular flexibility index (Phi) is 3.76. The average Bonchev–Trinajstić information content (AvgIpc) is 3.07. The van der Waals surface area contributed by atoms with E-state index in [0.29, 0.717) is 11.4 Å². The molecule has 1 heterocycles. The molecule has 1 N–H and O–H groups in total. The van der Waals surface area contributed by atoms with E-state index in [1.165, 1.54) is 12.8 Å². The van der Waals surface area contributed by atoms with Gasteiger partial charge >= 0.3 is 0 Å². The number of aromatic nitrogens is 2. The highest BCUT2D eigenvalue weighted by Crippen LogP contribution is 2.48. The van der Waals surface area contributed by atoms with Crippen molar-refractivity contribution in [3.05, 3.63) is 16.9 Å². The van der Waals surface area contributed by atoms with Gasteiger partial charge in [0.1, 0.15) is 0 Å². The standard InChI is InChI=1S/C11H16BrN3O/c1-16-5-4-11(2-3-11)8-15-10-13-6-9(12)7-14-10/h6-7H,2-5,8H2,1H3,(H,13,14,15). The van der Waals surface area contributed by atoms with Crippen molar-refractivity contribution >= 4 is 21.9 Å². The molecule has 0 aromatic carbocycles. The van der Waals surface area contributed by atoms with Crippen LogP contribution in [0.15, 0.2) is 16.9 Å². The summed E-state index contributed by atoms with van der Waals surface area (Å²) in [5.41, 5.74) is 0.423. The summed E-state index contributed by atoms with van der Waals surface area (Å²) in [7, 11) is 1.75. The third kappa shape index (κ3) is 3.15. The van der Waals surface area contributed by atoms with Crippen molar-refractivity contribution in [3.63, 3.8) is 0 Å². The van der Waals surface area contributed by atoms with E-state index in [-0.39, 0.29) is 0 Å². The predicted molar refractivity (Wildman–Crippen MR) is 66.4 cm³/mol. The van der Waals surface area contributed by atoms with Gasteiger partial charge < -0.3 is 10.1 Å². The number of nitrogens with zero attached hydrogens (tertiary/aromatic N) is 2. The number of anilines is 1. The van der Waals surface area contributed by atoms with Gasteiger partial charge in [-0.3, -0.25) is 0 Å². The molecular formula is C11H16BrN3O. The molecule has 0 aliphatic heterocycles. The Bertz CT molecular complexity index is 338. The molecule has 88 valence electrons. The Morgan fingerprint density at radius 2 is 2.12 bits per heavy atom. The molecule has 4 nitrogen and oxygen atoms in total. The smallest absolute Gasteiger partial charge is 0.222 e. The van der Waals surface area contributed by atoms with E-state index in [4.69, 9.17) is 4.74 Å².